The molecule has 10 nitrogen and oxygen atoms in total. The zero-order chi connectivity index (χ0) is 23.9. The molecule has 0 bridgehead atoms. The van der Waals surface area contributed by atoms with E-state index in [4.69, 9.17) is 29.7 Å². The van der Waals surface area contributed by atoms with Crippen molar-refractivity contribution in [1.82, 2.24) is 5.32 Å². The number of thioether (sulfide) groups is 1. The molecule has 1 aliphatic heterocycles. The van der Waals surface area contributed by atoms with Gasteiger partial charge in [-0.15, -0.1) is 0 Å². The van der Waals surface area contributed by atoms with Gasteiger partial charge < -0.3 is 25.3 Å². The summed E-state index contributed by atoms with van der Waals surface area (Å²) in [6.07, 6.45) is 1.35. The van der Waals surface area contributed by atoms with Crippen LogP contribution in [0.3, 0.4) is 0 Å². The fraction of sp³-hybridized carbons (Fsp3) is 0.571. The van der Waals surface area contributed by atoms with Gasteiger partial charge in [0.05, 0.1) is 5.92 Å². The Labute approximate surface area is 191 Å². The highest BCUT2D eigenvalue weighted by molar-refractivity contribution is 7.98. The van der Waals surface area contributed by atoms with Crippen LogP contribution in [0.4, 0.5) is 4.79 Å². The van der Waals surface area contributed by atoms with Gasteiger partial charge in [-0.25, -0.2) is 24.2 Å². The first-order chi connectivity index (χ1) is 15.0. The molecule has 0 saturated heterocycles. The summed E-state index contributed by atoms with van der Waals surface area (Å²) in [6.45, 7) is 6.78. The molecule has 3 atom stereocenters. The van der Waals surface area contributed by atoms with Gasteiger partial charge in [0.25, 0.3) is 0 Å². The van der Waals surface area contributed by atoms with E-state index < -0.39 is 41.6 Å². The van der Waals surface area contributed by atoms with E-state index in [0.717, 1.165) is 0 Å². The van der Waals surface area contributed by atoms with E-state index in [-0.39, 0.29) is 13.2 Å². The molecule has 1 aromatic carbocycles. The Morgan fingerprint density at radius 2 is 1.81 bits per heavy atom. The van der Waals surface area contributed by atoms with Crippen LogP contribution < -0.4 is 20.5 Å². The van der Waals surface area contributed by atoms with Crippen molar-refractivity contribution in [2.45, 2.75) is 51.8 Å². The third-order valence-electron chi connectivity index (χ3n) is 4.48. The average Bonchev–Trinajstić information content (AvgIpc) is 3.20. The molecule has 1 aromatic rings. The summed E-state index contributed by atoms with van der Waals surface area (Å²) in [6, 6.07) is 3.34. The van der Waals surface area contributed by atoms with Crippen LogP contribution in [0.2, 0.25) is 0 Å². The SMILES string of the molecule is CSCCC(NC(=O)OC(C)(C)C)C(=O)OOC(=O)C(C)C(N)c1ccc2c(c1)OCO2. The molecule has 0 spiro atoms. The topological polar surface area (TPSA) is 135 Å². The molecule has 0 aromatic heterocycles. The van der Waals surface area contributed by atoms with Gasteiger partial charge in [0.2, 0.25) is 6.79 Å². The third kappa shape index (κ3) is 7.49. The normalized spacial score (nSPS) is 15.3. The summed E-state index contributed by atoms with van der Waals surface area (Å²) in [5.74, 6) is -0.874. The molecule has 1 aliphatic rings. The smallest absolute Gasteiger partial charge is 0.408 e. The van der Waals surface area contributed by atoms with Crippen LogP contribution in [0.15, 0.2) is 18.2 Å². The third-order valence-corrected chi connectivity index (χ3v) is 5.13. The number of carbonyl (C=O) groups excluding carboxylic acids is 3. The van der Waals surface area contributed by atoms with Crippen LogP contribution >= 0.6 is 11.8 Å². The molecule has 3 unspecified atom stereocenters. The van der Waals surface area contributed by atoms with Crippen molar-refractivity contribution in [3.8, 4) is 11.5 Å². The minimum absolute atomic E-state index is 0.122. The number of ether oxygens (including phenoxy) is 3. The fourth-order valence-electron chi connectivity index (χ4n) is 2.71. The maximum atomic E-state index is 12.4. The lowest BCUT2D eigenvalue weighted by molar-refractivity contribution is -0.263. The van der Waals surface area contributed by atoms with Crippen molar-refractivity contribution in [1.29, 1.82) is 0 Å². The zero-order valence-electron chi connectivity index (χ0n) is 18.8. The van der Waals surface area contributed by atoms with E-state index in [1.54, 1.807) is 45.9 Å². The lowest BCUT2D eigenvalue weighted by atomic mass is 9.95. The van der Waals surface area contributed by atoms with E-state index in [0.29, 0.717) is 22.8 Å². The van der Waals surface area contributed by atoms with E-state index in [9.17, 15) is 14.4 Å². The molecule has 1 heterocycles. The summed E-state index contributed by atoms with van der Waals surface area (Å²) in [4.78, 5) is 46.2. The molecule has 11 heteroatoms. The molecular weight excluding hydrogens is 440 g/mol. The number of nitrogens with one attached hydrogen (secondary N) is 1. The van der Waals surface area contributed by atoms with E-state index in [1.165, 1.54) is 11.8 Å². The number of carbonyl (C=O) groups is 3. The zero-order valence-corrected chi connectivity index (χ0v) is 19.7. The first-order valence-electron chi connectivity index (χ1n) is 10.1. The Hall–Kier alpha value is -2.66. The molecule has 0 radical (unpaired) electrons. The monoisotopic (exact) mass is 470 g/mol. The molecule has 32 heavy (non-hydrogen) atoms. The number of fused-ring (bicyclic) bond motifs is 1. The van der Waals surface area contributed by atoms with Gasteiger partial charge in [-0.1, -0.05) is 6.07 Å². The number of nitrogens with two attached hydrogens (primary N) is 1. The summed E-state index contributed by atoms with van der Waals surface area (Å²) in [7, 11) is 0. The first-order valence-corrected chi connectivity index (χ1v) is 11.5. The van der Waals surface area contributed by atoms with Crippen molar-refractivity contribution in [2.75, 3.05) is 18.8 Å². The van der Waals surface area contributed by atoms with Gasteiger partial charge in [-0.05, 0) is 63.8 Å². The molecule has 0 fully saturated rings. The van der Waals surface area contributed by atoms with Gasteiger partial charge >= 0.3 is 18.0 Å². The van der Waals surface area contributed by atoms with E-state index >= 15 is 0 Å². The average molecular weight is 471 g/mol. The Bertz CT molecular complexity index is 827. The van der Waals surface area contributed by atoms with Gasteiger partial charge in [-0.2, -0.15) is 11.8 Å². The Balaban J connectivity index is 1.92. The Kier molecular flexibility index (Phi) is 9.02. The highest BCUT2D eigenvalue weighted by Crippen LogP contribution is 2.35. The lowest BCUT2D eigenvalue weighted by Crippen LogP contribution is -2.45. The van der Waals surface area contributed by atoms with E-state index in [1.807, 2.05) is 6.26 Å². The van der Waals surface area contributed by atoms with Gasteiger partial charge in [0, 0.05) is 6.04 Å². The largest absolute Gasteiger partial charge is 0.454 e. The maximum absolute atomic E-state index is 12.4. The number of amides is 1. The quantitative estimate of drug-likeness (QED) is 0.431. The van der Waals surface area contributed by atoms with Gasteiger partial charge in [-0.3, -0.25) is 0 Å². The lowest BCUT2D eigenvalue weighted by Gasteiger charge is -2.22. The summed E-state index contributed by atoms with van der Waals surface area (Å²) in [5, 5.41) is 2.44. The summed E-state index contributed by atoms with van der Waals surface area (Å²) in [5.41, 5.74) is 6.08. The highest BCUT2D eigenvalue weighted by atomic mass is 32.2. The second-order valence-electron chi connectivity index (χ2n) is 8.21. The molecule has 178 valence electrons. The van der Waals surface area contributed by atoms with Crippen molar-refractivity contribution in [2.24, 2.45) is 11.7 Å². The maximum Gasteiger partial charge on any atom is 0.408 e. The second-order valence-corrected chi connectivity index (χ2v) is 9.20. The minimum atomic E-state index is -1.04. The number of hydrogen-bond acceptors (Lipinski definition) is 10. The number of alkyl carbamates (subject to hydrolysis) is 1. The van der Waals surface area contributed by atoms with Crippen LogP contribution in [0.25, 0.3) is 0 Å². The van der Waals surface area contributed by atoms with Crippen LogP contribution in [-0.4, -0.2) is 48.5 Å². The first kappa shape index (κ1) is 25.6. The second kappa shape index (κ2) is 11.3. The Morgan fingerprint density at radius 1 is 1.16 bits per heavy atom. The summed E-state index contributed by atoms with van der Waals surface area (Å²) < 4.78 is 15.7. The van der Waals surface area contributed by atoms with Crippen molar-refractivity contribution in [3.63, 3.8) is 0 Å². The van der Waals surface area contributed by atoms with Crippen molar-refractivity contribution in [3.05, 3.63) is 23.8 Å². The summed E-state index contributed by atoms with van der Waals surface area (Å²) >= 11 is 1.48. The van der Waals surface area contributed by atoms with Gasteiger partial charge in [0.1, 0.15) is 11.6 Å². The Morgan fingerprint density at radius 3 is 2.47 bits per heavy atom. The molecule has 2 rings (SSSR count). The molecule has 3 N–H and O–H groups in total. The van der Waals surface area contributed by atoms with Crippen LogP contribution in [0.1, 0.15) is 45.7 Å². The van der Waals surface area contributed by atoms with Crippen molar-refractivity contribution >= 4 is 29.8 Å². The predicted molar refractivity (Wildman–Crippen MR) is 117 cm³/mol. The van der Waals surface area contributed by atoms with Gasteiger partial charge in [0.15, 0.2) is 11.5 Å². The molecule has 0 aliphatic carbocycles. The molecule has 0 saturated carbocycles. The number of rotatable bonds is 8. The van der Waals surface area contributed by atoms with E-state index in [2.05, 4.69) is 5.32 Å². The van der Waals surface area contributed by atoms with Crippen LogP contribution in [-0.2, 0) is 24.1 Å². The highest BCUT2D eigenvalue weighted by Gasteiger charge is 2.30. The van der Waals surface area contributed by atoms with Crippen LogP contribution in [0, 0.1) is 5.92 Å². The standard InChI is InChI=1S/C21H30N2O8S/c1-12(17(22)13-6-7-15-16(10-13)28-11-27-15)18(24)30-31-19(25)14(8-9-32-5)23-20(26)29-21(2,3)4/h6-7,10,12,14,17H,8-9,11,22H2,1-5H3,(H,23,26). The fourth-order valence-corrected chi connectivity index (χ4v) is 3.18. The number of hydrogen-bond donors (Lipinski definition) is 2. The van der Waals surface area contributed by atoms with Crippen LogP contribution in [0.5, 0.6) is 11.5 Å². The van der Waals surface area contributed by atoms with Crippen molar-refractivity contribution < 1.29 is 38.4 Å². The molecule has 1 amide bonds. The number of benzene rings is 1. The predicted octanol–water partition coefficient (Wildman–Crippen LogP) is 2.70. The molecular formula is C21H30N2O8S. The minimum Gasteiger partial charge on any atom is -0.454 e.